The van der Waals surface area contributed by atoms with Crippen LogP contribution in [-0.4, -0.2) is 25.0 Å². The van der Waals surface area contributed by atoms with Gasteiger partial charge >= 0.3 is 6.18 Å². The molecule has 0 spiro atoms. The van der Waals surface area contributed by atoms with Crippen molar-refractivity contribution in [2.75, 3.05) is 0 Å². The van der Waals surface area contributed by atoms with Crippen molar-refractivity contribution in [3.8, 4) is 0 Å². The van der Waals surface area contributed by atoms with E-state index in [1.165, 1.54) is 32.1 Å². The molecule has 2 unspecified atom stereocenters. The van der Waals surface area contributed by atoms with Gasteiger partial charge in [0.1, 0.15) is 6.79 Å². The maximum atomic E-state index is 12.1. The van der Waals surface area contributed by atoms with E-state index >= 15 is 0 Å². The molecule has 0 amide bonds. The minimum Gasteiger partial charge on any atom is -0.328 e. The summed E-state index contributed by atoms with van der Waals surface area (Å²) in [6.45, 7) is 2.00. The normalized spacial score (nSPS) is 27.6. The Labute approximate surface area is 119 Å². The number of nitrogens with two attached hydrogens (primary N) is 2. The minimum atomic E-state index is -4.03. The summed E-state index contributed by atoms with van der Waals surface area (Å²) >= 11 is 0. The van der Waals surface area contributed by atoms with Crippen LogP contribution in [0.5, 0.6) is 0 Å². The van der Waals surface area contributed by atoms with Crippen molar-refractivity contribution in [3.63, 3.8) is 0 Å². The van der Waals surface area contributed by atoms with E-state index in [-0.39, 0.29) is 18.9 Å². The summed E-state index contributed by atoms with van der Waals surface area (Å²) in [6, 6.07) is 0.295. The SMILES string of the molecule is C=O.NC1CCCC(C(F)(F)F)C1.NC1CCCCC1. The quantitative estimate of drug-likeness (QED) is 0.721. The summed E-state index contributed by atoms with van der Waals surface area (Å²) in [5, 5.41) is 0. The average Bonchev–Trinajstić information content (AvgIpc) is 2.42. The van der Waals surface area contributed by atoms with Crippen LogP contribution in [-0.2, 0) is 4.79 Å². The maximum Gasteiger partial charge on any atom is 0.391 e. The van der Waals surface area contributed by atoms with Gasteiger partial charge in [0.05, 0.1) is 5.92 Å². The molecule has 0 aliphatic heterocycles. The molecule has 2 rings (SSSR count). The van der Waals surface area contributed by atoms with Gasteiger partial charge in [-0.2, -0.15) is 13.2 Å². The lowest BCUT2D eigenvalue weighted by Gasteiger charge is -2.28. The van der Waals surface area contributed by atoms with E-state index in [1.54, 1.807) is 0 Å². The number of hydrogen-bond acceptors (Lipinski definition) is 3. The van der Waals surface area contributed by atoms with Crippen molar-refractivity contribution in [2.24, 2.45) is 17.4 Å². The van der Waals surface area contributed by atoms with Crippen LogP contribution >= 0.6 is 0 Å². The van der Waals surface area contributed by atoms with Crippen LogP contribution in [0.2, 0.25) is 0 Å². The van der Waals surface area contributed by atoms with Gasteiger partial charge in [-0.1, -0.05) is 25.7 Å². The lowest BCUT2D eigenvalue weighted by molar-refractivity contribution is -0.182. The smallest absolute Gasteiger partial charge is 0.328 e. The van der Waals surface area contributed by atoms with Crippen molar-refractivity contribution in [1.29, 1.82) is 0 Å². The summed E-state index contributed by atoms with van der Waals surface area (Å²) in [7, 11) is 0. The van der Waals surface area contributed by atoms with Crippen molar-refractivity contribution in [2.45, 2.75) is 76.0 Å². The highest BCUT2D eigenvalue weighted by Crippen LogP contribution is 2.36. The lowest BCUT2D eigenvalue weighted by Crippen LogP contribution is -2.35. The van der Waals surface area contributed by atoms with Crippen LogP contribution in [0.3, 0.4) is 0 Å². The molecular weight excluding hydrogens is 269 g/mol. The van der Waals surface area contributed by atoms with Gasteiger partial charge in [0.15, 0.2) is 0 Å². The molecule has 120 valence electrons. The van der Waals surface area contributed by atoms with Crippen molar-refractivity contribution >= 4 is 6.79 Å². The minimum absolute atomic E-state index is 0.115. The third-order valence-corrected chi connectivity index (χ3v) is 3.83. The number of alkyl halides is 3. The number of carbonyl (C=O) groups is 1. The van der Waals surface area contributed by atoms with Gasteiger partial charge in [-0.15, -0.1) is 0 Å². The summed E-state index contributed by atoms with van der Waals surface area (Å²) in [6.07, 6.45) is 4.37. The number of hydrogen-bond donors (Lipinski definition) is 2. The first kappa shape index (κ1) is 19.4. The molecule has 2 saturated carbocycles. The Morgan fingerprint density at radius 3 is 1.60 bits per heavy atom. The van der Waals surface area contributed by atoms with Crippen LogP contribution in [0.1, 0.15) is 57.8 Å². The van der Waals surface area contributed by atoms with Crippen LogP contribution in [0, 0.1) is 5.92 Å². The Balaban J connectivity index is 0.000000345. The molecule has 6 heteroatoms. The molecule has 0 aromatic carbocycles. The fourth-order valence-electron chi connectivity index (χ4n) is 2.66. The predicted octanol–water partition coefficient (Wildman–Crippen LogP) is 3.16. The highest BCUT2D eigenvalue weighted by molar-refractivity contribution is 5.11. The first-order chi connectivity index (χ1) is 9.39. The molecule has 2 aliphatic rings. The molecule has 3 nitrogen and oxygen atoms in total. The summed E-state index contributed by atoms with van der Waals surface area (Å²) in [4.78, 5) is 8.00. The van der Waals surface area contributed by atoms with E-state index in [0.717, 1.165) is 6.42 Å². The second kappa shape index (κ2) is 10.2. The largest absolute Gasteiger partial charge is 0.391 e. The van der Waals surface area contributed by atoms with Gasteiger partial charge < -0.3 is 16.3 Å². The Kier molecular flexibility index (Phi) is 9.84. The second-order valence-corrected chi connectivity index (χ2v) is 5.56. The molecule has 0 aromatic heterocycles. The molecular formula is C14H27F3N2O. The van der Waals surface area contributed by atoms with Crippen LogP contribution < -0.4 is 11.5 Å². The number of rotatable bonds is 0. The zero-order valence-electron chi connectivity index (χ0n) is 12.0. The summed E-state index contributed by atoms with van der Waals surface area (Å²) in [5.41, 5.74) is 11.1. The molecule has 4 N–H and O–H groups in total. The predicted molar refractivity (Wildman–Crippen MR) is 74.2 cm³/mol. The van der Waals surface area contributed by atoms with E-state index in [4.69, 9.17) is 16.3 Å². The van der Waals surface area contributed by atoms with Crippen molar-refractivity contribution in [3.05, 3.63) is 0 Å². The van der Waals surface area contributed by atoms with Gasteiger partial charge in [-0.05, 0) is 32.1 Å². The molecule has 0 radical (unpaired) electrons. The van der Waals surface area contributed by atoms with Crippen LogP contribution in [0.4, 0.5) is 13.2 Å². The van der Waals surface area contributed by atoms with Gasteiger partial charge in [0.2, 0.25) is 0 Å². The van der Waals surface area contributed by atoms with Crippen LogP contribution in [0.15, 0.2) is 0 Å². The number of halogens is 3. The monoisotopic (exact) mass is 296 g/mol. The Morgan fingerprint density at radius 2 is 1.30 bits per heavy atom. The van der Waals surface area contributed by atoms with E-state index in [0.29, 0.717) is 12.5 Å². The molecule has 2 fully saturated rings. The zero-order valence-corrected chi connectivity index (χ0v) is 12.0. The topological polar surface area (TPSA) is 69.1 Å². The molecule has 2 aliphatic carbocycles. The standard InChI is InChI=1S/C7H12F3N.C6H13N.CH2O/c8-7(9,10)5-2-1-3-6(11)4-5;7-6-4-2-1-3-5-6;1-2/h5-6H,1-4,11H2;6H,1-5,7H2;1H2. The van der Waals surface area contributed by atoms with E-state index < -0.39 is 12.1 Å². The van der Waals surface area contributed by atoms with E-state index in [1.807, 2.05) is 6.79 Å². The van der Waals surface area contributed by atoms with Gasteiger partial charge in [0.25, 0.3) is 0 Å². The first-order valence-corrected chi connectivity index (χ1v) is 7.26. The highest BCUT2D eigenvalue weighted by Gasteiger charge is 2.41. The highest BCUT2D eigenvalue weighted by atomic mass is 19.4. The van der Waals surface area contributed by atoms with Gasteiger partial charge in [0, 0.05) is 12.1 Å². The maximum absolute atomic E-state index is 12.1. The fourth-order valence-corrected chi connectivity index (χ4v) is 2.66. The van der Waals surface area contributed by atoms with E-state index in [2.05, 4.69) is 0 Å². The van der Waals surface area contributed by atoms with E-state index in [9.17, 15) is 13.2 Å². The Bertz CT molecular complexity index is 243. The lowest BCUT2D eigenvalue weighted by atomic mass is 9.86. The second-order valence-electron chi connectivity index (χ2n) is 5.56. The molecule has 0 saturated heterocycles. The third-order valence-electron chi connectivity index (χ3n) is 3.83. The van der Waals surface area contributed by atoms with Gasteiger partial charge in [-0.25, -0.2) is 0 Å². The summed E-state index contributed by atoms with van der Waals surface area (Å²) in [5.74, 6) is -1.15. The van der Waals surface area contributed by atoms with Crippen LogP contribution in [0.25, 0.3) is 0 Å². The molecule has 0 heterocycles. The Morgan fingerprint density at radius 1 is 0.800 bits per heavy atom. The fraction of sp³-hybridized carbons (Fsp3) is 0.929. The third kappa shape index (κ3) is 8.53. The summed E-state index contributed by atoms with van der Waals surface area (Å²) < 4.78 is 36.2. The number of carbonyl (C=O) groups excluding carboxylic acids is 1. The van der Waals surface area contributed by atoms with Crippen molar-refractivity contribution in [1.82, 2.24) is 0 Å². The molecule has 2 atom stereocenters. The first-order valence-electron chi connectivity index (χ1n) is 7.26. The van der Waals surface area contributed by atoms with Crippen molar-refractivity contribution < 1.29 is 18.0 Å². The van der Waals surface area contributed by atoms with Gasteiger partial charge in [-0.3, -0.25) is 0 Å². The molecule has 0 aromatic rings. The average molecular weight is 296 g/mol. The molecule has 20 heavy (non-hydrogen) atoms. The Hall–Kier alpha value is -0.620. The zero-order chi connectivity index (χ0) is 15.6. The molecule has 0 bridgehead atoms.